The zero-order valence-corrected chi connectivity index (χ0v) is 14.7. The first-order valence-corrected chi connectivity index (χ1v) is 9.35. The second-order valence-corrected chi connectivity index (χ2v) is 7.37. The number of allylic oxidation sites excluding steroid dienone is 1. The first-order valence-electron chi connectivity index (χ1n) is 9.35. The van der Waals surface area contributed by atoms with Gasteiger partial charge in [-0.05, 0) is 60.9 Å². The fraction of sp³-hybridized carbons (Fsp3) is 0.364. The molecule has 1 heterocycles. The second-order valence-electron chi connectivity index (χ2n) is 7.37. The van der Waals surface area contributed by atoms with Crippen molar-refractivity contribution in [1.29, 1.82) is 0 Å². The van der Waals surface area contributed by atoms with Gasteiger partial charge in [0.2, 0.25) is 0 Å². The highest BCUT2D eigenvalue weighted by molar-refractivity contribution is 5.91. The number of fused-ring (bicyclic) bond motifs is 1. The molecule has 3 unspecified atom stereocenters. The van der Waals surface area contributed by atoms with Crippen LogP contribution >= 0.6 is 0 Å². The molecule has 4 heteroatoms. The molecule has 0 radical (unpaired) electrons. The van der Waals surface area contributed by atoms with Crippen molar-refractivity contribution in [1.82, 2.24) is 4.98 Å². The third kappa shape index (κ3) is 3.41. The normalized spacial score (nSPS) is 27.1. The molecule has 26 heavy (non-hydrogen) atoms. The Morgan fingerprint density at radius 3 is 2.77 bits per heavy atom. The van der Waals surface area contributed by atoms with Crippen molar-refractivity contribution < 1.29 is 9.60 Å². The number of hydrogen-bond donors (Lipinski definition) is 1. The lowest BCUT2D eigenvalue weighted by Crippen LogP contribution is -2.19. The molecular weight excluding hydrogens is 327 g/mol. The lowest BCUT2D eigenvalue weighted by atomic mass is 9.78. The van der Waals surface area contributed by atoms with Crippen LogP contribution in [0.15, 0.2) is 53.8 Å². The molecule has 4 rings (SSSR count). The van der Waals surface area contributed by atoms with Crippen molar-refractivity contribution in [2.45, 2.75) is 32.1 Å². The van der Waals surface area contributed by atoms with E-state index in [1.807, 2.05) is 24.3 Å². The number of pyridine rings is 1. The van der Waals surface area contributed by atoms with Crippen molar-refractivity contribution in [2.75, 3.05) is 0 Å². The van der Waals surface area contributed by atoms with Crippen LogP contribution in [0.5, 0.6) is 0 Å². The molecule has 1 aromatic heterocycles. The van der Waals surface area contributed by atoms with Crippen molar-refractivity contribution in [2.24, 2.45) is 22.9 Å². The van der Waals surface area contributed by atoms with Gasteiger partial charge in [-0.3, -0.25) is 4.98 Å². The van der Waals surface area contributed by atoms with E-state index in [1.165, 1.54) is 37.8 Å². The van der Waals surface area contributed by atoms with Crippen LogP contribution in [0.25, 0.3) is 17.2 Å². The first-order chi connectivity index (χ1) is 12.7. The lowest BCUT2D eigenvalue weighted by molar-refractivity contribution is 0.252. The standard InChI is InChI=1S/C22H23FN2O/c23-18-6-3-5-15(12-18)17-8-9-19(24-14-17)10-11-21-20-7-2-1-4-16(20)13-22(21)25-26/h3,5-6,8-12,14,16,20-21,26H,1-2,4,7,13H2/b11-10+,25-22+. The third-order valence-corrected chi connectivity index (χ3v) is 5.83. The van der Waals surface area contributed by atoms with Gasteiger partial charge in [0.15, 0.2) is 0 Å². The van der Waals surface area contributed by atoms with Gasteiger partial charge in [0.1, 0.15) is 5.82 Å². The summed E-state index contributed by atoms with van der Waals surface area (Å²) in [6.45, 7) is 0. The summed E-state index contributed by atoms with van der Waals surface area (Å²) in [7, 11) is 0. The minimum Gasteiger partial charge on any atom is -0.411 e. The average molecular weight is 350 g/mol. The van der Waals surface area contributed by atoms with E-state index in [-0.39, 0.29) is 11.7 Å². The summed E-state index contributed by atoms with van der Waals surface area (Å²) in [6.07, 6.45) is 11.9. The van der Waals surface area contributed by atoms with Crippen molar-refractivity contribution in [3.63, 3.8) is 0 Å². The van der Waals surface area contributed by atoms with E-state index in [4.69, 9.17) is 0 Å². The van der Waals surface area contributed by atoms with Crippen LogP contribution in [0, 0.1) is 23.6 Å². The van der Waals surface area contributed by atoms with E-state index >= 15 is 0 Å². The maximum Gasteiger partial charge on any atom is 0.123 e. The molecule has 3 nitrogen and oxygen atoms in total. The Balaban J connectivity index is 1.51. The van der Waals surface area contributed by atoms with E-state index in [2.05, 4.69) is 16.2 Å². The zero-order chi connectivity index (χ0) is 17.9. The number of oxime groups is 1. The second kappa shape index (κ2) is 7.40. The molecule has 0 spiro atoms. The van der Waals surface area contributed by atoms with Gasteiger partial charge >= 0.3 is 0 Å². The fourth-order valence-electron chi connectivity index (χ4n) is 4.52. The van der Waals surface area contributed by atoms with E-state index in [0.717, 1.165) is 29.0 Å². The molecule has 0 bridgehead atoms. The summed E-state index contributed by atoms with van der Waals surface area (Å²) in [5, 5.41) is 13.0. The Hall–Kier alpha value is -2.49. The van der Waals surface area contributed by atoms with Crippen LogP contribution in [0.3, 0.4) is 0 Å². The Labute approximate surface area is 153 Å². The molecule has 1 aromatic carbocycles. The van der Waals surface area contributed by atoms with Crippen molar-refractivity contribution in [3.8, 4) is 11.1 Å². The van der Waals surface area contributed by atoms with Crippen molar-refractivity contribution in [3.05, 3.63) is 60.2 Å². The summed E-state index contributed by atoms with van der Waals surface area (Å²) in [5.74, 6) is 1.23. The number of hydrogen-bond acceptors (Lipinski definition) is 3. The number of rotatable bonds is 3. The van der Waals surface area contributed by atoms with Crippen LogP contribution < -0.4 is 0 Å². The molecule has 0 amide bonds. The van der Waals surface area contributed by atoms with Crippen LogP contribution in [0.2, 0.25) is 0 Å². The van der Waals surface area contributed by atoms with Crippen LogP contribution in [-0.4, -0.2) is 15.9 Å². The summed E-state index contributed by atoms with van der Waals surface area (Å²) in [6, 6.07) is 10.4. The molecule has 134 valence electrons. The zero-order valence-electron chi connectivity index (χ0n) is 14.7. The molecule has 2 aliphatic rings. The monoisotopic (exact) mass is 350 g/mol. The maximum absolute atomic E-state index is 13.4. The topological polar surface area (TPSA) is 45.5 Å². The average Bonchev–Trinajstić information content (AvgIpc) is 3.04. The molecule has 0 aliphatic heterocycles. The Morgan fingerprint density at radius 1 is 1.12 bits per heavy atom. The minimum atomic E-state index is -0.245. The maximum atomic E-state index is 13.4. The summed E-state index contributed by atoms with van der Waals surface area (Å²) in [4.78, 5) is 4.49. The number of aromatic nitrogens is 1. The van der Waals surface area contributed by atoms with Gasteiger partial charge in [0.25, 0.3) is 0 Å². The van der Waals surface area contributed by atoms with Crippen molar-refractivity contribution >= 4 is 11.8 Å². The minimum absolute atomic E-state index is 0.218. The quantitative estimate of drug-likeness (QED) is 0.582. The van der Waals surface area contributed by atoms with Crippen LogP contribution in [0.1, 0.15) is 37.8 Å². The summed E-state index contributed by atoms with van der Waals surface area (Å²) < 4.78 is 13.4. The Morgan fingerprint density at radius 2 is 2.00 bits per heavy atom. The molecular formula is C22H23FN2O. The largest absolute Gasteiger partial charge is 0.411 e. The predicted molar refractivity (Wildman–Crippen MR) is 101 cm³/mol. The van der Waals surface area contributed by atoms with Gasteiger partial charge in [0.05, 0.1) is 11.4 Å². The van der Waals surface area contributed by atoms with Gasteiger partial charge in [-0.2, -0.15) is 0 Å². The van der Waals surface area contributed by atoms with Gasteiger partial charge < -0.3 is 5.21 Å². The molecule has 0 saturated heterocycles. The highest BCUT2D eigenvalue weighted by Gasteiger charge is 2.40. The molecule has 2 aliphatic carbocycles. The van der Waals surface area contributed by atoms with Gasteiger partial charge in [-0.1, -0.05) is 42.3 Å². The molecule has 2 fully saturated rings. The first kappa shape index (κ1) is 17.0. The Kier molecular flexibility index (Phi) is 4.83. The summed E-state index contributed by atoms with van der Waals surface area (Å²) >= 11 is 0. The molecule has 2 aromatic rings. The third-order valence-electron chi connectivity index (χ3n) is 5.83. The van der Waals surface area contributed by atoms with E-state index in [0.29, 0.717) is 11.8 Å². The predicted octanol–water partition coefficient (Wildman–Crippen LogP) is 5.56. The SMILES string of the molecule is O/N=C1\CC2CCCCC2C1/C=C/c1ccc(-c2cccc(F)c2)cn1. The van der Waals surface area contributed by atoms with Crippen LogP contribution in [-0.2, 0) is 0 Å². The molecule has 1 N–H and O–H groups in total. The number of halogens is 1. The highest BCUT2D eigenvalue weighted by Crippen LogP contribution is 2.45. The highest BCUT2D eigenvalue weighted by atomic mass is 19.1. The van der Waals surface area contributed by atoms with Crippen LogP contribution in [0.4, 0.5) is 4.39 Å². The number of nitrogens with zero attached hydrogens (tertiary/aromatic N) is 2. The molecule has 2 saturated carbocycles. The van der Waals surface area contributed by atoms with E-state index < -0.39 is 0 Å². The smallest absolute Gasteiger partial charge is 0.123 e. The van der Waals surface area contributed by atoms with Gasteiger partial charge in [-0.15, -0.1) is 0 Å². The lowest BCUT2D eigenvalue weighted by Gasteiger charge is -2.27. The number of benzene rings is 1. The van der Waals surface area contributed by atoms with E-state index in [9.17, 15) is 9.60 Å². The van der Waals surface area contributed by atoms with Gasteiger partial charge in [0, 0.05) is 17.7 Å². The summed E-state index contributed by atoms with van der Waals surface area (Å²) in [5.41, 5.74) is 3.49. The van der Waals surface area contributed by atoms with Gasteiger partial charge in [-0.25, -0.2) is 4.39 Å². The molecule has 3 atom stereocenters. The Bertz CT molecular complexity index is 828. The fourth-order valence-corrected chi connectivity index (χ4v) is 4.52. The van der Waals surface area contributed by atoms with E-state index in [1.54, 1.807) is 12.3 Å².